The lowest BCUT2D eigenvalue weighted by atomic mass is 10.4. The third-order valence-electron chi connectivity index (χ3n) is 2.40. The number of halogens is 3. The second-order valence-electron chi connectivity index (χ2n) is 3.69. The predicted octanol–water partition coefficient (Wildman–Crippen LogP) is 4.18. The first-order valence-corrected chi connectivity index (χ1v) is 8.65. The van der Waals surface area contributed by atoms with Crippen LogP contribution in [0.4, 0.5) is 0 Å². The standard InChI is InChI=1S/C11H10Br3N3OS/c1-2-17-5-7(13)8(16-17)4-15-11(18)9-3-6(12)10(14)19-9/h3,5H,2,4H2,1H3,(H,15,18). The van der Waals surface area contributed by atoms with Crippen molar-refractivity contribution in [3.63, 3.8) is 0 Å². The van der Waals surface area contributed by atoms with Crippen LogP contribution in [0, 0.1) is 0 Å². The molecule has 2 aromatic rings. The molecule has 1 N–H and O–H groups in total. The predicted molar refractivity (Wildman–Crippen MR) is 86.5 cm³/mol. The molecule has 0 aromatic carbocycles. The van der Waals surface area contributed by atoms with Crippen molar-refractivity contribution in [1.82, 2.24) is 15.1 Å². The maximum absolute atomic E-state index is 12.0. The largest absolute Gasteiger partial charge is 0.346 e. The first-order chi connectivity index (χ1) is 9.01. The summed E-state index contributed by atoms with van der Waals surface area (Å²) in [5, 5.41) is 7.21. The maximum atomic E-state index is 12.0. The van der Waals surface area contributed by atoms with Gasteiger partial charge in [-0.05, 0) is 60.8 Å². The number of carbonyl (C=O) groups excluding carboxylic acids is 1. The summed E-state index contributed by atoms with van der Waals surface area (Å²) in [4.78, 5) is 12.6. The number of carbonyl (C=O) groups is 1. The molecule has 0 spiro atoms. The number of aryl methyl sites for hydroxylation is 1. The molecule has 0 saturated carbocycles. The molecule has 0 fully saturated rings. The molecule has 0 aliphatic rings. The Hall–Kier alpha value is -0.180. The number of amides is 1. The van der Waals surface area contributed by atoms with Crippen LogP contribution in [0.3, 0.4) is 0 Å². The zero-order chi connectivity index (χ0) is 14.0. The molecule has 0 bridgehead atoms. The molecule has 19 heavy (non-hydrogen) atoms. The number of hydrogen-bond acceptors (Lipinski definition) is 3. The van der Waals surface area contributed by atoms with E-state index in [1.165, 1.54) is 11.3 Å². The van der Waals surface area contributed by atoms with Crippen molar-refractivity contribution < 1.29 is 4.79 Å². The molecule has 0 radical (unpaired) electrons. The second-order valence-corrected chi connectivity index (χ2v) is 7.77. The quantitative estimate of drug-likeness (QED) is 0.727. The summed E-state index contributed by atoms with van der Waals surface area (Å²) in [6, 6.07) is 1.80. The van der Waals surface area contributed by atoms with Gasteiger partial charge in [-0.25, -0.2) is 0 Å². The molecule has 0 saturated heterocycles. The molecule has 2 heterocycles. The number of thiophene rings is 1. The lowest BCUT2D eigenvalue weighted by molar-refractivity contribution is 0.0954. The fraction of sp³-hybridized carbons (Fsp3) is 0.273. The number of nitrogens with zero attached hydrogens (tertiary/aromatic N) is 2. The van der Waals surface area contributed by atoms with Crippen molar-refractivity contribution in [3.05, 3.63) is 35.6 Å². The molecule has 1 amide bonds. The van der Waals surface area contributed by atoms with E-state index in [0.29, 0.717) is 11.4 Å². The van der Waals surface area contributed by atoms with Gasteiger partial charge in [-0.15, -0.1) is 11.3 Å². The molecule has 2 aromatic heterocycles. The monoisotopic (exact) mass is 469 g/mol. The number of nitrogens with one attached hydrogen (secondary N) is 1. The van der Waals surface area contributed by atoms with Crippen molar-refractivity contribution in [2.24, 2.45) is 0 Å². The van der Waals surface area contributed by atoms with E-state index in [-0.39, 0.29) is 5.91 Å². The normalized spacial score (nSPS) is 10.7. The van der Waals surface area contributed by atoms with Crippen LogP contribution < -0.4 is 5.32 Å². The first-order valence-electron chi connectivity index (χ1n) is 5.46. The van der Waals surface area contributed by atoms with Crippen LogP contribution in [-0.4, -0.2) is 15.7 Å². The lowest BCUT2D eigenvalue weighted by Gasteiger charge is -2.01. The zero-order valence-electron chi connectivity index (χ0n) is 9.91. The van der Waals surface area contributed by atoms with Crippen molar-refractivity contribution in [2.75, 3.05) is 0 Å². The molecular weight excluding hydrogens is 462 g/mol. The Morgan fingerprint density at radius 2 is 2.16 bits per heavy atom. The summed E-state index contributed by atoms with van der Waals surface area (Å²) in [6.45, 7) is 3.22. The third-order valence-corrected chi connectivity index (χ3v) is 6.31. The Labute approximate surface area is 140 Å². The van der Waals surface area contributed by atoms with E-state index in [1.807, 2.05) is 17.8 Å². The van der Waals surface area contributed by atoms with E-state index >= 15 is 0 Å². The second kappa shape index (κ2) is 6.51. The summed E-state index contributed by atoms with van der Waals surface area (Å²) in [6.07, 6.45) is 1.90. The van der Waals surface area contributed by atoms with Gasteiger partial charge < -0.3 is 5.32 Å². The highest BCUT2D eigenvalue weighted by atomic mass is 79.9. The van der Waals surface area contributed by atoms with Crippen molar-refractivity contribution >= 4 is 65.0 Å². The average Bonchev–Trinajstić information content (AvgIpc) is 2.90. The summed E-state index contributed by atoms with van der Waals surface area (Å²) < 4.78 is 4.53. The van der Waals surface area contributed by atoms with Gasteiger partial charge in [-0.2, -0.15) is 5.10 Å². The van der Waals surface area contributed by atoms with E-state index in [2.05, 4.69) is 58.2 Å². The highest BCUT2D eigenvalue weighted by Gasteiger charge is 2.13. The Kier molecular flexibility index (Phi) is 5.22. The fourth-order valence-electron chi connectivity index (χ4n) is 1.43. The van der Waals surface area contributed by atoms with Crippen molar-refractivity contribution in [1.29, 1.82) is 0 Å². The van der Waals surface area contributed by atoms with Crippen molar-refractivity contribution in [2.45, 2.75) is 20.0 Å². The van der Waals surface area contributed by atoms with Crippen LogP contribution in [0.25, 0.3) is 0 Å². The highest BCUT2D eigenvalue weighted by Crippen LogP contribution is 2.32. The topological polar surface area (TPSA) is 46.9 Å². The van der Waals surface area contributed by atoms with E-state index < -0.39 is 0 Å². The van der Waals surface area contributed by atoms with Crippen LogP contribution in [0.2, 0.25) is 0 Å². The summed E-state index contributed by atoms with van der Waals surface area (Å²) in [7, 11) is 0. The first kappa shape index (κ1) is 15.2. The Morgan fingerprint density at radius 1 is 1.42 bits per heavy atom. The number of aromatic nitrogens is 2. The molecule has 0 aliphatic carbocycles. The van der Waals surface area contributed by atoms with E-state index in [4.69, 9.17) is 0 Å². The molecule has 0 unspecified atom stereocenters. The molecule has 8 heteroatoms. The van der Waals surface area contributed by atoms with Crippen LogP contribution in [0.5, 0.6) is 0 Å². The summed E-state index contributed by atoms with van der Waals surface area (Å²) >= 11 is 11.6. The van der Waals surface area contributed by atoms with E-state index in [9.17, 15) is 4.79 Å². The van der Waals surface area contributed by atoms with Gasteiger partial charge >= 0.3 is 0 Å². The molecular formula is C11H10Br3N3OS. The lowest BCUT2D eigenvalue weighted by Crippen LogP contribution is -2.22. The van der Waals surface area contributed by atoms with Crippen LogP contribution in [0.15, 0.2) is 25.0 Å². The smallest absolute Gasteiger partial charge is 0.261 e. The number of rotatable bonds is 4. The maximum Gasteiger partial charge on any atom is 0.261 e. The molecule has 102 valence electrons. The Balaban J connectivity index is 2.02. The molecule has 0 atom stereocenters. The van der Waals surface area contributed by atoms with Gasteiger partial charge in [-0.1, -0.05) is 0 Å². The van der Waals surface area contributed by atoms with Crippen molar-refractivity contribution in [3.8, 4) is 0 Å². The van der Waals surface area contributed by atoms with Crippen LogP contribution in [0.1, 0.15) is 22.3 Å². The van der Waals surface area contributed by atoms with E-state index in [1.54, 1.807) is 6.07 Å². The minimum atomic E-state index is -0.102. The molecule has 0 aliphatic heterocycles. The van der Waals surface area contributed by atoms with Crippen LogP contribution >= 0.6 is 59.1 Å². The van der Waals surface area contributed by atoms with Gasteiger partial charge in [0.2, 0.25) is 0 Å². The van der Waals surface area contributed by atoms with E-state index in [0.717, 1.165) is 25.0 Å². The Morgan fingerprint density at radius 3 is 2.68 bits per heavy atom. The molecule has 2 rings (SSSR count). The number of hydrogen-bond donors (Lipinski definition) is 1. The van der Waals surface area contributed by atoms with Crippen LogP contribution in [-0.2, 0) is 13.1 Å². The minimum Gasteiger partial charge on any atom is -0.346 e. The van der Waals surface area contributed by atoms with Gasteiger partial charge in [0, 0.05) is 17.2 Å². The van der Waals surface area contributed by atoms with Gasteiger partial charge in [0.25, 0.3) is 5.91 Å². The van der Waals surface area contributed by atoms with Gasteiger partial charge in [0.1, 0.15) is 0 Å². The Bertz CT molecular complexity index is 589. The van der Waals surface area contributed by atoms with Gasteiger partial charge in [-0.3, -0.25) is 9.48 Å². The average molecular weight is 472 g/mol. The molecule has 4 nitrogen and oxygen atoms in total. The SMILES string of the molecule is CCn1cc(Br)c(CNC(=O)c2cc(Br)c(Br)s2)n1. The fourth-order valence-corrected chi connectivity index (χ4v) is 3.84. The van der Waals surface area contributed by atoms with Gasteiger partial charge in [0.05, 0.1) is 25.4 Å². The summed E-state index contributed by atoms with van der Waals surface area (Å²) in [5.74, 6) is -0.102. The zero-order valence-corrected chi connectivity index (χ0v) is 15.5. The third kappa shape index (κ3) is 3.68. The highest BCUT2D eigenvalue weighted by molar-refractivity contribution is 9.13. The van der Waals surface area contributed by atoms with Gasteiger partial charge in [0.15, 0.2) is 0 Å². The summed E-state index contributed by atoms with van der Waals surface area (Å²) in [5.41, 5.74) is 0.824. The minimum absolute atomic E-state index is 0.102.